The number of pyridine rings is 1. The highest BCUT2D eigenvalue weighted by Gasteiger charge is 2.31. The van der Waals surface area contributed by atoms with Gasteiger partial charge in [-0.15, -0.1) is 0 Å². The van der Waals surface area contributed by atoms with Crippen molar-refractivity contribution in [3.63, 3.8) is 0 Å². The molecule has 2 aromatic heterocycles. The maximum Gasteiger partial charge on any atom is 0.416 e. The molecular weight excluding hydrogens is 355 g/mol. The molecule has 1 aliphatic heterocycles. The molecule has 146 valence electrons. The van der Waals surface area contributed by atoms with E-state index in [2.05, 4.69) is 19.9 Å². The van der Waals surface area contributed by atoms with Crippen LogP contribution in [0.2, 0.25) is 0 Å². The Morgan fingerprint density at radius 2 is 1.85 bits per heavy atom. The Balaban J connectivity index is 1.60. The smallest absolute Gasteiger partial charge is 0.359 e. The first-order chi connectivity index (χ1) is 12.8. The summed E-state index contributed by atoms with van der Waals surface area (Å²) in [4.78, 5) is 16.8. The lowest BCUT2D eigenvalue weighted by Crippen LogP contribution is -2.38. The van der Waals surface area contributed by atoms with E-state index in [0.717, 1.165) is 55.1 Å². The molecule has 2 aromatic rings. The minimum atomic E-state index is -4.35. The van der Waals surface area contributed by atoms with Crippen LogP contribution in [0, 0.1) is 19.8 Å². The van der Waals surface area contributed by atoms with Crippen molar-refractivity contribution in [2.75, 3.05) is 36.5 Å². The third kappa shape index (κ3) is 4.48. The van der Waals surface area contributed by atoms with Crippen LogP contribution < -0.4 is 9.80 Å². The third-order valence-electron chi connectivity index (χ3n) is 5.22. The summed E-state index contributed by atoms with van der Waals surface area (Å²) in [6.07, 6.45) is 0.392. The molecule has 0 aromatic carbocycles. The summed E-state index contributed by atoms with van der Waals surface area (Å²) in [6, 6.07) is 2.12. The van der Waals surface area contributed by atoms with E-state index in [1.54, 1.807) is 13.4 Å². The van der Waals surface area contributed by atoms with Crippen LogP contribution in [0.3, 0.4) is 0 Å². The predicted octanol–water partition coefficient (Wildman–Crippen LogP) is 3.86. The molecule has 0 aliphatic carbocycles. The lowest BCUT2D eigenvalue weighted by molar-refractivity contribution is -0.137. The number of alkyl halides is 3. The fraction of sp³-hybridized carbons (Fsp3) is 0.526. The van der Waals surface area contributed by atoms with E-state index < -0.39 is 11.7 Å². The minimum absolute atomic E-state index is 0.356. The molecule has 1 saturated heterocycles. The van der Waals surface area contributed by atoms with Crippen molar-refractivity contribution in [2.45, 2.75) is 32.9 Å². The SMILES string of the molecule is Cc1ncnc(N2CCC(CN(C)c3cc(C(F)(F)F)ccn3)CC2)c1C. The third-order valence-corrected chi connectivity index (χ3v) is 5.22. The second-order valence-corrected chi connectivity index (χ2v) is 7.12. The van der Waals surface area contributed by atoms with Gasteiger partial charge in [-0.2, -0.15) is 13.2 Å². The number of halogens is 3. The number of piperidine rings is 1. The fourth-order valence-corrected chi connectivity index (χ4v) is 3.46. The molecule has 0 saturated carbocycles. The first kappa shape index (κ1) is 19.4. The number of nitrogens with zero attached hydrogens (tertiary/aromatic N) is 5. The van der Waals surface area contributed by atoms with Gasteiger partial charge >= 0.3 is 6.18 Å². The monoisotopic (exact) mass is 379 g/mol. The van der Waals surface area contributed by atoms with Crippen molar-refractivity contribution in [1.29, 1.82) is 0 Å². The van der Waals surface area contributed by atoms with Gasteiger partial charge in [0, 0.05) is 44.1 Å². The van der Waals surface area contributed by atoms with Crippen molar-refractivity contribution in [3.8, 4) is 0 Å². The molecule has 0 N–H and O–H groups in total. The molecule has 0 bridgehead atoms. The molecular formula is C19H24F3N5. The summed E-state index contributed by atoms with van der Waals surface area (Å²) < 4.78 is 38.7. The van der Waals surface area contributed by atoms with Crippen LogP contribution in [0.4, 0.5) is 24.8 Å². The number of aryl methyl sites for hydroxylation is 1. The predicted molar refractivity (Wildman–Crippen MR) is 99.0 cm³/mol. The van der Waals surface area contributed by atoms with E-state index in [1.807, 2.05) is 18.7 Å². The van der Waals surface area contributed by atoms with Gasteiger partial charge < -0.3 is 9.80 Å². The van der Waals surface area contributed by atoms with E-state index in [0.29, 0.717) is 18.3 Å². The highest BCUT2D eigenvalue weighted by Crippen LogP contribution is 2.31. The lowest BCUT2D eigenvalue weighted by atomic mass is 9.96. The van der Waals surface area contributed by atoms with Crippen molar-refractivity contribution in [1.82, 2.24) is 15.0 Å². The van der Waals surface area contributed by atoms with E-state index in [-0.39, 0.29) is 0 Å². The number of rotatable bonds is 4. The molecule has 0 radical (unpaired) electrons. The van der Waals surface area contributed by atoms with Gasteiger partial charge in [0.2, 0.25) is 0 Å². The van der Waals surface area contributed by atoms with Crippen LogP contribution in [-0.4, -0.2) is 41.6 Å². The van der Waals surface area contributed by atoms with Gasteiger partial charge in [0.05, 0.1) is 5.56 Å². The summed E-state index contributed by atoms with van der Waals surface area (Å²) in [6.45, 7) is 6.45. The summed E-state index contributed by atoms with van der Waals surface area (Å²) >= 11 is 0. The van der Waals surface area contributed by atoms with Gasteiger partial charge in [0.25, 0.3) is 0 Å². The zero-order valence-electron chi connectivity index (χ0n) is 15.8. The number of hydrogen-bond donors (Lipinski definition) is 0. The zero-order chi connectivity index (χ0) is 19.6. The number of aromatic nitrogens is 3. The van der Waals surface area contributed by atoms with Gasteiger partial charge in [0.15, 0.2) is 0 Å². The quantitative estimate of drug-likeness (QED) is 0.807. The van der Waals surface area contributed by atoms with Crippen molar-refractivity contribution in [2.24, 2.45) is 5.92 Å². The van der Waals surface area contributed by atoms with Gasteiger partial charge in [0.1, 0.15) is 18.0 Å². The van der Waals surface area contributed by atoms with E-state index in [4.69, 9.17) is 0 Å². The molecule has 0 amide bonds. The van der Waals surface area contributed by atoms with Crippen LogP contribution in [0.1, 0.15) is 29.7 Å². The Morgan fingerprint density at radius 1 is 1.15 bits per heavy atom. The highest BCUT2D eigenvalue weighted by molar-refractivity contribution is 5.48. The Labute approximate surface area is 157 Å². The summed E-state index contributed by atoms with van der Waals surface area (Å²) in [5.74, 6) is 1.74. The molecule has 1 aliphatic rings. The number of anilines is 2. The molecule has 3 heterocycles. The second kappa shape index (κ2) is 7.70. The summed E-state index contributed by atoms with van der Waals surface area (Å²) in [7, 11) is 1.80. The molecule has 3 rings (SSSR count). The Kier molecular flexibility index (Phi) is 5.53. The number of hydrogen-bond acceptors (Lipinski definition) is 5. The second-order valence-electron chi connectivity index (χ2n) is 7.12. The largest absolute Gasteiger partial charge is 0.416 e. The Morgan fingerprint density at radius 3 is 2.52 bits per heavy atom. The average Bonchev–Trinajstić information content (AvgIpc) is 2.64. The van der Waals surface area contributed by atoms with Crippen LogP contribution in [0.5, 0.6) is 0 Å². The van der Waals surface area contributed by atoms with E-state index >= 15 is 0 Å². The first-order valence-electron chi connectivity index (χ1n) is 9.03. The highest BCUT2D eigenvalue weighted by atomic mass is 19.4. The molecule has 0 unspecified atom stereocenters. The van der Waals surface area contributed by atoms with Gasteiger partial charge in [-0.25, -0.2) is 15.0 Å². The van der Waals surface area contributed by atoms with Gasteiger partial charge in [-0.05, 0) is 44.7 Å². The van der Waals surface area contributed by atoms with Crippen molar-refractivity contribution in [3.05, 3.63) is 41.5 Å². The van der Waals surface area contributed by atoms with Gasteiger partial charge in [-0.1, -0.05) is 0 Å². The molecule has 0 spiro atoms. The molecule has 1 fully saturated rings. The summed E-state index contributed by atoms with van der Waals surface area (Å²) in [5.41, 5.74) is 1.42. The van der Waals surface area contributed by atoms with Crippen molar-refractivity contribution < 1.29 is 13.2 Å². The maximum atomic E-state index is 12.9. The Bertz CT molecular complexity index is 785. The van der Waals surface area contributed by atoms with Crippen LogP contribution in [0.25, 0.3) is 0 Å². The minimum Gasteiger partial charge on any atom is -0.359 e. The van der Waals surface area contributed by atoms with E-state index in [1.165, 1.54) is 6.20 Å². The maximum absolute atomic E-state index is 12.9. The Hall–Kier alpha value is -2.38. The molecule has 8 heteroatoms. The standard InChI is InChI=1S/C19H24F3N5/c1-13-14(2)24-12-25-18(13)27-8-5-15(6-9-27)11-26(3)17-10-16(4-7-23-17)19(20,21)22/h4,7,10,12,15H,5-6,8-9,11H2,1-3H3. The van der Waals surface area contributed by atoms with Crippen molar-refractivity contribution >= 4 is 11.6 Å². The summed E-state index contributed by atoms with van der Waals surface area (Å²) in [5, 5.41) is 0. The molecule has 5 nitrogen and oxygen atoms in total. The topological polar surface area (TPSA) is 45.2 Å². The lowest BCUT2D eigenvalue weighted by Gasteiger charge is -2.35. The fourth-order valence-electron chi connectivity index (χ4n) is 3.46. The zero-order valence-corrected chi connectivity index (χ0v) is 15.8. The molecule has 27 heavy (non-hydrogen) atoms. The van der Waals surface area contributed by atoms with Gasteiger partial charge in [-0.3, -0.25) is 0 Å². The first-order valence-corrected chi connectivity index (χ1v) is 9.03. The average molecular weight is 379 g/mol. The van der Waals surface area contributed by atoms with Crippen LogP contribution in [0.15, 0.2) is 24.7 Å². The van der Waals surface area contributed by atoms with E-state index in [9.17, 15) is 13.2 Å². The normalized spacial score (nSPS) is 15.9. The van der Waals surface area contributed by atoms with Crippen LogP contribution in [-0.2, 0) is 6.18 Å². The molecule has 0 atom stereocenters. The van der Waals surface area contributed by atoms with Crippen LogP contribution >= 0.6 is 0 Å².